The van der Waals surface area contributed by atoms with Crippen molar-refractivity contribution in [1.82, 2.24) is 10.3 Å². The molecule has 0 bridgehead atoms. The number of hydrogen-bond donors (Lipinski definition) is 1. The van der Waals surface area contributed by atoms with Gasteiger partial charge >= 0.3 is 5.97 Å². The first-order chi connectivity index (χ1) is 8.60. The molecule has 0 radical (unpaired) electrons. The summed E-state index contributed by atoms with van der Waals surface area (Å²) in [5, 5.41) is 2.58. The number of aromatic nitrogens is 1. The summed E-state index contributed by atoms with van der Waals surface area (Å²) in [5.74, 6) is -0.582. The standard InChI is InChI=1S/C11H13BrN2O4/c1-17-10-7(4-3-5-13-10)9(15)14-6-8(12)11(16)18-2/h3-5,8H,6H2,1-2H3,(H,14,15). The topological polar surface area (TPSA) is 77.5 Å². The molecular weight excluding hydrogens is 304 g/mol. The van der Waals surface area contributed by atoms with Gasteiger partial charge in [-0.05, 0) is 12.1 Å². The lowest BCUT2D eigenvalue weighted by Gasteiger charge is -2.10. The SMILES string of the molecule is COC(=O)C(Br)CNC(=O)c1cccnc1OC. The molecule has 0 saturated heterocycles. The second-order valence-corrected chi connectivity index (χ2v) is 4.37. The van der Waals surface area contributed by atoms with Gasteiger partial charge in [-0.3, -0.25) is 9.59 Å². The molecule has 0 saturated carbocycles. The lowest BCUT2D eigenvalue weighted by Crippen LogP contribution is -2.34. The largest absolute Gasteiger partial charge is 0.480 e. The van der Waals surface area contributed by atoms with Gasteiger partial charge in [0.1, 0.15) is 10.4 Å². The Labute approximate surface area is 113 Å². The van der Waals surface area contributed by atoms with Crippen LogP contribution in [-0.2, 0) is 9.53 Å². The molecule has 1 N–H and O–H groups in total. The molecule has 1 unspecified atom stereocenters. The van der Waals surface area contributed by atoms with Crippen LogP contribution in [0.1, 0.15) is 10.4 Å². The summed E-state index contributed by atoms with van der Waals surface area (Å²) in [6.07, 6.45) is 1.53. The predicted octanol–water partition coefficient (Wildman–Crippen LogP) is 0.756. The van der Waals surface area contributed by atoms with Crippen LogP contribution in [0, 0.1) is 0 Å². The zero-order valence-electron chi connectivity index (χ0n) is 9.97. The normalized spacial score (nSPS) is 11.5. The van der Waals surface area contributed by atoms with Crippen molar-refractivity contribution in [3.8, 4) is 5.88 Å². The number of pyridine rings is 1. The van der Waals surface area contributed by atoms with Crippen LogP contribution in [0.25, 0.3) is 0 Å². The maximum Gasteiger partial charge on any atom is 0.321 e. The van der Waals surface area contributed by atoms with Gasteiger partial charge < -0.3 is 14.8 Å². The van der Waals surface area contributed by atoms with Gasteiger partial charge in [-0.25, -0.2) is 4.98 Å². The molecule has 0 spiro atoms. The Morgan fingerprint density at radius 3 is 2.83 bits per heavy atom. The Morgan fingerprint density at radius 1 is 1.50 bits per heavy atom. The summed E-state index contributed by atoms with van der Waals surface area (Å²) in [5.41, 5.74) is 0.310. The van der Waals surface area contributed by atoms with E-state index in [4.69, 9.17) is 4.74 Å². The highest BCUT2D eigenvalue weighted by Gasteiger charge is 2.18. The Hall–Kier alpha value is -1.63. The first-order valence-corrected chi connectivity index (χ1v) is 6.00. The number of alkyl halides is 1. The van der Waals surface area contributed by atoms with Gasteiger partial charge in [0, 0.05) is 12.7 Å². The Balaban J connectivity index is 2.63. The summed E-state index contributed by atoms with van der Waals surface area (Å²) in [4.78, 5) is 26.3. The van der Waals surface area contributed by atoms with Gasteiger partial charge in [0.15, 0.2) is 0 Å². The maximum absolute atomic E-state index is 11.8. The molecule has 1 aromatic heterocycles. The monoisotopic (exact) mass is 316 g/mol. The summed E-state index contributed by atoms with van der Waals surface area (Å²) in [6, 6.07) is 3.21. The number of hydrogen-bond acceptors (Lipinski definition) is 5. The van der Waals surface area contributed by atoms with Crippen LogP contribution in [-0.4, -0.2) is 42.5 Å². The van der Waals surface area contributed by atoms with Crippen LogP contribution < -0.4 is 10.1 Å². The maximum atomic E-state index is 11.8. The molecule has 0 aliphatic rings. The van der Waals surface area contributed by atoms with Crippen molar-refractivity contribution in [2.45, 2.75) is 4.83 Å². The third-order valence-corrected chi connectivity index (χ3v) is 2.81. The Morgan fingerprint density at radius 2 is 2.22 bits per heavy atom. The lowest BCUT2D eigenvalue weighted by molar-refractivity contribution is -0.139. The number of esters is 1. The molecule has 0 fully saturated rings. The number of carbonyl (C=O) groups excluding carboxylic acids is 2. The smallest absolute Gasteiger partial charge is 0.321 e. The average molecular weight is 317 g/mol. The third kappa shape index (κ3) is 3.69. The van der Waals surface area contributed by atoms with Crippen molar-refractivity contribution >= 4 is 27.8 Å². The van der Waals surface area contributed by atoms with Crippen LogP contribution >= 0.6 is 15.9 Å². The van der Waals surface area contributed by atoms with Crippen LogP contribution in [0.2, 0.25) is 0 Å². The van der Waals surface area contributed by atoms with E-state index in [1.807, 2.05) is 0 Å². The molecule has 7 heteroatoms. The molecule has 0 aliphatic heterocycles. The molecule has 1 heterocycles. The van der Waals surface area contributed by atoms with Gasteiger partial charge in [0.25, 0.3) is 5.91 Å². The van der Waals surface area contributed by atoms with Crippen molar-refractivity contribution in [2.75, 3.05) is 20.8 Å². The molecule has 0 aliphatic carbocycles. The summed E-state index contributed by atoms with van der Waals surface area (Å²) < 4.78 is 9.49. The van der Waals surface area contributed by atoms with E-state index < -0.39 is 10.8 Å². The number of nitrogens with one attached hydrogen (secondary N) is 1. The van der Waals surface area contributed by atoms with E-state index >= 15 is 0 Å². The van der Waals surface area contributed by atoms with Crippen LogP contribution in [0.5, 0.6) is 5.88 Å². The molecule has 1 aromatic rings. The minimum atomic E-state index is -0.589. The van der Waals surface area contributed by atoms with E-state index in [2.05, 4.69) is 31.0 Å². The van der Waals surface area contributed by atoms with E-state index in [-0.39, 0.29) is 18.3 Å². The first-order valence-electron chi connectivity index (χ1n) is 5.09. The molecule has 18 heavy (non-hydrogen) atoms. The van der Waals surface area contributed by atoms with Gasteiger partial charge in [-0.15, -0.1) is 0 Å². The van der Waals surface area contributed by atoms with E-state index in [9.17, 15) is 9.59 Å². The molecular formula is C11H13BrN2O4. The van der Waals surface area contributed by atoms with Gasteiger partial charge in [0.2, 0.25) is 5.88 Å². The average Bonchev–Trinajstić information content (AvgIpc) is 2.43. The molecule has 1 rings (SSSR count). The van der Waals surface area contributed by atoms with Gasteiger partial charge in [-0.1, -0.05) is 15.9 Å². The van der Waals surface area contributed by atoms with Crippen molar-refractivity contribution < 1.29 is 19.1 Å². The second kappa shape index (κ2) is 6.95. The van der Waals surface area contributed by atoms with E-state index in [0.29, 0.717) is 5.56 Å². The zero-order chi connectivity index (χ0) is 13.5. The summed E-state index contributed by atoms with van der Waals surface area (Å²) in [7, 11) is 2.71. The summed E-state index contributed by atoms with van der Waals surface area (Å²) in [6.45, 7) is 0.115. The Bertz CT molecular complexity index is 439. The Kier molecular flexibility index (Phi) is 5.57. The number of carbonyl (C=O) groups is 2. The number of nitrogens with zero attached hydrogens (tertiary/aromatic N) is 1. The molecule has 1 atom stereocenters. The zero-order valence-corrected chi connectivity index (χ0v) is 11.6. The van der Waals surface area contributed by atoms with Crippen LogP contribution in [0.3, 0.4) is 0 Å². The number of amides is 1. The third-order valence-electron chi connectivity index (χ3n) is 2.11. The highest BCUT2D eigenvalue weighted by Crippen LogP contribution is 2.13. The van der Waals surface area contributed by atoms with E-state index in [1.165, 1.54) is 20.4 Å². The molecule has 98 valence electrons. The second-order valence-electron chi connectivity index (χ2n) is 3.26. The van der Waals surface area contributed by atoms with Gasteiger partial charge in [0.05, 0.1) is 14.2 Å². The number of halogens is 1. The minimum absolute atomic E-state index is 0.115. The first kappa shape index (κ1) is 14.4. The minimum Gasteiger partial charge on any atom is -0.480 e. The van der Waals surface area contributed by atoms with Crippen molar-refractivity contribution in [3.63, 3.8) is 0 Å². The highest BCUT2D eigenvalue weighted by atomic mass is 79.9. The van der Waals surface area contributed by atoms with Crippen molar-refractivity contribution in [2.24, 2.45) is 0 Å². The number of ether oxygens (including phenoxy) is 2. The van der Waals surface area contributed by atoms with Gasteiger partial charge in [-0.2, -0.15) is 0 Å². The van der Waals surface area contributed by atoms with Crippen LogP contribution in [0.15, 0.2) is 18.3 Å². The predicted molar refractivity (Wildman–Crippen MR) is 67.9 cm³/mol. The fourth-order valence-electron chi connectivity index (χ4n) is 1.22. The molecule has 6 nitrogen and oxygen atoms in total. The van der Waals surface area contributed by atoms with Crippen molar-refractivity contribution in [3.05, 3.63) is 23.9 Å². The van der Waals surface area contributed by atoms with Crippen LogP contribution in [0.4, 0.5) is 0 Å². The van der Waals surface area contributed by atoms with E-state index in [1.54, 1.807) is 12.1 Å². The highest BCUT2D eigenvalue weighted by molar-refractivity contribution is 9.10. The van der Waals surface area contributed by atoms with E-state index in [0.717, 1.165) is 0 Å². The fourth-order valence-corrected chi connectivity index (χ4v) is 1.56. The quantitative estimate of drug-likeness (QED) is 0.641. The molecule has 1 amide bonds. The lowest BCUT2D eigenvalue weighted by atomic mass is 10.2. The fraction of sp³-hybridized carbons (Fsp3) is 0.364. The number of methoxy groups -OCH3 is 2. The summed E-state index contributed by atoms with van der Waals surface area (Å²) >= 11 is 3.10. The van der Waals surface area contributed by atoms with Crippen molar-refractivity contribution in [1.29, 1.82) is 0 Å². The molecule has 0 aromatic carbocycles. The number of rotatable bonds is 5.